The molecule has 0 radical (unpaired) electrons. The third-order valence-electron chi connectivity index (χ3n) is 3.45. The SMILES string of the molecule is O=C(O)c1ccc(-n2cnnn2)cc1NC1=CC(=O)N(CCO)C1=O. The first kappa shape index (κ1) is 16.3. The van der Waals surface area contributed by atoms with Crippen molar-refractivity contribution >= 4 is 23.5 Å². The van der Waals surface area contributed by atoms with Gasteiger partial charge in [0, 0.05) is 6.08 Å². The maximum atomic E-state index is 12.2. The second kappa shape index (κ2) is 6.49. The third kappa shape index (κ3) is 3.07. The second-order valence-corrected chi connectivity index (χ2v) is 4.99. The minimum absolute atomic E-state index is 0.0881. The Balaban J connectivity index is 1.95. The van der Waals surface area contributed by atoms with E-state index in [1.54, 1.807) is 0 Å². The molecule has 3 N–H and O–H groups in total. The summed E-state index contributed by atoms with van der Waals surface area (Å²) in [6, 6.07) is 4.27. The molecule has 1 aliphatic rings. The summed E-state index contributed by atoms with van der Waals surface area (Å²) in [4.78, 5) is 36.2. The van der Waals surface area contributed by atoms with Crippen molar-refractivity contribution < 1.29 is 24.6 Å². The monoisotopic (exact) mass is 344 g/mol. The highest BCUT2D eigenvalue weighted by Crippen LogP contribution is 2.24. The number of aliphatic hydroxyl groups excluding tert-OH is 1. The van der Waals surface area contributed by atoms with Crippen LogP contribution in [-0.4, -0.2) is 66.3 Å². The van der Waals surface area contributed by atoms with Gasteiger partial charge >= 0.3 is 5.97 Å². The molecular weight excluding hydrogens is 332 g/mol. The van der Waals surface area contributed by atoms with Gasteiger partial charge in [0.15, 0.2) is 0 Å². The van der Waals surface area contributed by atoms with E-state index in [2.05, 4.69) is 20.8 Å². The number of benzene rings is 1. The van der Waals surface area contributed by atoms with Crippen LogP contribution in [-0.2, 0) is 9.59 Å². The predicted octanol–water partition coefficient (Wildman–Crippen LogP) is -0.983. The second-order valence-electron chi connectivity index (χ2n) is 4.99. The summed E-state index contributed by atoms with van der Waals surface area (Å²) in [5, 5.41) is 31.6. The van der Waals surface area contributed by atoms with Gasteiger partial charge in [-0.1, -0.05) is 0 Å². The fourth-order valence-corrected chi connectivity index (χ4v) is 2.30. The number of imide groups is 1. The van der Waals surface area contributed by atoms with Gasteiger partial charge in [0.1, 0.15) is 12.0 Å². The van der Waals surface area contributed by atoms with Gasteiger partial charge in [0.2, 0.25) is 0 Å². The average Bonchev–Trinajstić information content (AvgIpc) is 3.20. The first-order valence-electron chi connectivity index (χ1n) is 7.07. The summed E-state index contributed by atoms with van der Waals surface area (Å²) < 4.78 is 1.31. The predicted molar refractivity (Wildman–Crippen MR) is 81.6 cm³/mol. The van der Waals surface area contributed by atoms with Crippen LogP contribution < -0.4 is 5.32 Å². The Labute approximate surface area is 140 Å². The molecular formula is C14H12N6O5. The van der Waals surface area contributed by atoms with E-state index in [4.69, 9.17) is 5.11 Å². The van der Waals surface area contributed by atoms with E-state index in [9.17, 15) is 19.5 Å². The molecule has 128 valence electrons. The standard InChI is InChI=1S/C14H12N6O5/c21-4-3-19-12(22)6-11(13(19)23)16-10-5-8(20-7-15-17-18-20)1-2-9(10)14(24)25/h1-2,5-7,16,21H,3-4H2,(H,24,25). The third-order valence-corrected chi connectivity index (χ3v) is 3.45. The van der Waals surface area contributed by atoms with Crippen molar-refractivity contribution in [2.45, 2.75) is 0 Å². The fraction of sp³-hybridized carbons (Fsp3) is 0.143. The first-order chi connectivity index (χ1) is 12.0. The van der Waals surface area contributed by atoms with Gasteiger partial charge in [0.25, 0.3) is 11.8 Å². The number of carboxylic acids is 1. The molecule has 0 bridgehead atoms. The van der Waals surface area contributed by atoms with Crippen LogP contribution in [0.5, 0.6) is 0 Å². The van der Waals surface area contributed by atoms with Crippen LogP contribution in [0.3, 0.4) is 0 Å². The normalized spacial score (nSPS) is 14.0. The highest BCUT2D eigenvalue weighted by molar-refractivity contribution is 6.17. The van der Waals surface area contributed by atoms with Crippen molar-refractivity contribution in [3.05, 3.63) is 41.9 Å². The van der Waals surface area contributed by atoms with E-state index >= 15 is 0 Å². The van der Waals surface area contributed by atoms with Gasteiger partial charge in [0.05, 0.1) is 30.1 Å². The summed E-state index contributed by atoms with van der Waals surface area (Å²) in [7, 11) is 0. The van der Waals surface area contributed by atoms with Crippen LogP contribution in [0, 0.1) is 0 Å². The number of β-amino-alcohol motifs (C(OH)–C–C–N with tert-alkyl or cyclic N) is 1. The number of nitrogens with zero attached hydrogens (tertiary/aromatic N) is 5. The van der Waals surface area contributed by atoms with Crippen molar-refractivity contribution in [2.75, 3.05) is 18.5 Å². The van der Waals surface area contributed by atoms with Crippen LogP contribution >= 0.6 is 0 Å². The Morgan fingerprint density at radius 1 is 1.28 bits per heavy atom. The van der Waals surface area contributed by atoms with Gasteiger partial charge in [-0.2, -0.15) is 0 Å². The molecule has 0 atom stereocenters. The number of tetrazole rings is 1. The first-order valence-corrected chi connectivity index (χ1v) is 7.07. The molecule has 1 aliphatic heterocycles. The van der Waals surface area contributed by atoms with E-state index in [-0.39, 0.29) is 30.1 Å². The molecule has 0 unspecified atom stereocenters. The van der Waals surface area contributed by atoms with E-state index < -0.39 is 17.8 Å². The zero-order valence-electron chi connectivity index (χ0n) is 12.7. The maximum Gasteiger partial charge on any atom is 0.337 e. The summed E-state index contributed by atoms with van der Waals surface area (Å²) in [5.41, 5.74) is 0.370. The lowest BCUT2D eigenvalue weighted by atomic mass is 10.1. The summed E-state index contributed by atoms with van der Waals surface area (Å²) in [6.07, 6.45) is 2.37. The zero-order chi connectivity index (χ0) is 18.0. The lowest BCUT2D eigenvalue weighted by molar-refractivity contribution is -0.137. The number of rotatable bonds is 6. The van der Waals surface area contributed by atoms with Gasteiger partial charge in [-0.25, -0.2) is 9.48 Å². The van der Waals surface area contributed by atoms with Gasteiger partial charge in [-0.05, 0) is 28.6 Å². The molecule has 2 heterocycles. The van der Waals surface area contributed by atoms with Gasteiger partial charge in [-0.15, -0.1) is 5.10 Å². The molecule has 2 aromatic rings. The molecule has 0 aliphatic carbocycles. The number of hydrogen-bond donors (Lipinski definition) is 3. The minimum Gasteiger partial charge on any atom is -0.478 e. The number of nitrogens with one attached hydrogen (secondary N) is 1. The van der Waals surface area contributed by atoms with Crippen molar-refractivity contribution in [2.24, 2.45) is 0 Å². The Morgan fingerprint density at radius 2 is 2.08 bits per heavy atom. The number of carbonyl (C=O) groups excluding carboxylic acids is 2. The number of aromatic carboxylic acids is 1. The molecule has 1 aromatic heterocycles. The van der Waals surface area contributed by atoms with Crippen molar-refractivity contribution in [1.29, 1.82) is 0 Å². The lowest BCUT2D eigenvalue weighted by Gasteiger charge is -2.14. The molecule has 11 heteroatoms. The number of anilines is 1. The molecule has 11 nitrogen and oxygen atoms in total. The van der Waals surface area contributed by atoms with E-state index in [0.29, 0.717) is 5.69 Å². The van der Waals surface area contributed by atoms with Gasteiger partial charge in [-0.3, -0.25) is 14.5 Å². The Kier molecular flexibility index (Phi) is 4.22. The number of carboxylic acid groups (broad SMARTS) is 1. The van der Waals surface area contributed by atoms with Crippen LogP contribution in [0.25, 0.3) is 5.69 Å². The van der Waals surface area contributed by atoms with Crippen molar-refractivity contribution in [3.8, 4) is 5.69 Å². The summed E-state index contributed by atoms with van der Waals surface area (Å²) in [6.45, 7) is -0.510. The van der Waals surface area contributed by atoms with Crippen LogP contribution in [0.15, 0.2) is 36.3 Å². The van der Waals surface area contributed by atoms with E-state index in [1.165, 1.54) is 29.2 Å². The maximum absolute atomic E-state index is 12.2. The van der Waals surface area contributed by atoms with Crippen molar-refractivity contribution in [3.63, 3.8) is 0 Å². The van der Waals surface area contributed by atoms with E-state index in [1.807, 2.05) is 0 Å². The minimum atomic E-state index is -1.21. The number of amides is 2. The summed E-state index contributed by atoms with van der Waals surface area (Å²) >= 11 is 0. The Bertz CT molecular complexity index is 876. The number of aliphatic hydroxyl groups is 1. The number of hydrogen-bond acceptors (Lipinski definition) is 8. The largest absolute Gasteiger partial charge is 0.478 e. The quantitative estimate of drug-likeness (QED) is 0.561. The molecule has 2 amide bonds. The van der Waals surface area contributed by atoms with E-state index in [0.717, 1.165) is 11.0 Å². The number of carbonyl (C=O) groups is 3. The molecule has 1 aromatic carbocycles. The zero-order valence-corrected chi connectivity index (χ0v) is 12.7. The van der Waals surface area contributed by atoms with Crippen LogP contribution in [0.1, 0.15) is 10.4 Å². The molecule has 0 fully saturated rings. The van der Waals surface area contributed by atoms with Gasteiger partial charge < -0.3 is 15.5 Å². The molecule has 0 spiro atoms. The Morgan fingerprint density at radius 3 is 2.72 bits per heavy atom. The molecule has 0 saturated carbocycles. The smallest absolute Gasteiger partial charge is 0.337 e. The molecule has 3 rings (SSSR count). The van der Waals surface area contributed by atoms with Crippen LogP contribution in [0.4, 0.5) is 5.69 Å². The fourth-order valence-electron chi connectivity index (χ4n) is 2.30. The van der Waals surface area contributed by atoms with Crippen molar-refractivity contribution in [1.82, 2.24) is 25.1 Å². The molecule has 25 heavy (non-hydrogen) atoms. The number of aromatic nitrogens is 4. The average molecular weight is 344 g/mol. The Hall–Kier alpha value is -3.60. The van der Waals surface area contributed by atoms with Crippen LogP contribution in [0.2, 0.25) is 0 Å². The highest BCUT2D eigenvalue weighted by Gasteiger charge is 2.31. The molecule has 0 saturated heterocycles. The summed E-state index contributed by atoms with van der Waals surface area (Å²) in [5.74, 6) is -2.45. The highest BCUT2D eigenvalue weighted by atomic mass is 16.4. The topological polar surface area (TPSA) is 151 Å². The lowest BCUT2D eigenvalue weighted by Crippen LogP contribution is -2.34.